The van der Waals surface area contributed by atoms with Crippen molar-refractivity contribution in [3.8, 4) is 0 Å². The molecule has 1 aromatic carbocycles. The fourth-order valence-electron chi connectivity index (χ4n) is 2.95. The minimum absolute atomic E-state index is 0.154. The van der Waals surface area contributed by atoms with E-state index in [2.05, 4.69) is 13.8 Å². The van der Waals surface area contributed by atoms with Gasteiger partial charge in [0.05, 0.1) is 0 Å². The maximum absolute atomic E-state index is 13.2. The van der Waals surface area contributed by atoms with Gasteiger partial charge in [-0.25, -0.2) is 4.39 Å². The number of nitrogens with zero attached hydrogens (tertiary/aromatic N) is 1. The van der Waals surface area contributed by atoms with Crippen molar-refractivity contribution in [3.05, 3.63) is 35.6 Å². The van der Waals surface area contributed by atoms with E-state index in [0.717, 1.165) is 31.6 Å². The summed E-state index contributed by atoms with van der Waals surface area (Å²) in [5.74, 6) is -0.0914. The Morgan fingerprint density at radius 3 is 2.71 bits per heavy atom. The predicted molar refractivity (Wildman–Crippen MR) is 80.5 cm³/mol. The minimum Gasteiger partial charge on any atom is -0.381 e. The van der Waals surface area contributed by atoms with Crippen molar-refractivity contribution in [1.82, 2.24) is 4.90 Å². The topological polar surface area (TPSA) is 29.5 Å². The number of carbonyl (C=O) groups excluding carboxylic acids is 1. The average molecular weight is 293 g/mol. The third kappa shape index (κ3) is 4.53. The van der Waals surface area contributed by atoms with Crippen molar-refractivity contribution in [2.75, 3.05) is 13.2 Å². The number of hydrogen-bond donors (Lipinski definition) is 0. The number of rotatable bonds is 5. The van der Waals surface area contributed by atoms with Gasteiger partial charge in [-0.2, -0.15) is 0 Å². The highest BCUT2D eigenvalue weighted by molar-refractivity contribution is 5.77. The van der Waals surface area contributed by atoms with E-state index in [4.69, 9.17) is 4.74 Å². The van der Waals surface area contributed by atoms with Crippen LogP contribution < -0.4 is 0 Å². The monoisotopic (exact) mass is 293 g/mol. The first kappa shape index (κ1) is 16.0. The van der Waals surface area contributed by atoms with Crippen molar-refractivity contribution in [2.45, 2.75) is 51.6 Å². The maximum atomic E-state index is 13.2. The molecule has 0 aromatic heterocycles. The van der Waals surface area contributed by atoms with Gasteiger partial charge in [-0.15, -0.1) is 0 Å². The fraction of sp³-hybridized carbons (Fsp3) is 0.588. The molecular weight excluding hydrogens is 269 g/mol. The molecule has 1 heterocycles. The van der Waals surface area contributed by atoms with Crippen molar-refractivity contribution in [2.24, 2.45) is 0 Å². The molecule has 1 fully saturated rings. The molecule has 0 spiro atoms. The number of hydrogen-bond acceptors (Lipinski definition) is 2. The zero-order valence-corrected chi connectivity index (χ0v) is 12.8. The van der Waals surface area contributed by atoms with Crippen LogP contribution in [-0.4, -0.2) is 36.1 Å². The van der Waals surface area contributed by atoms with Gasteiger partial charge in [-0.3, -0.25) is 4.79 Å². The molecule has 2 rings (SSSR count). The molecule has 1 saturated heterocycles. The van der Waals surface area contributed by atoms with E-state index in [9.17, 15) is 9.18 Å². The van der Waals surface area contributed by atoms with E-state index >= 15 is 0 Å². The Labute approximate surface area is 126 Å². The Hall–Kier alpha value is -1.42. The summed E-state index contributed by atoms with van der Waals surface area (Å²) in [4.78, 5) is 14.5. The summed E-state index contributed by atoms with van der Waals surface area (Å²) in [7, 11) is 0. The number of benzene rings is 1. The Morgan fingerprint density at radius 1 is 1.38 bits per heavy atom. The molecule has 0 N–H and O–H groups in total. The normalized spacial score (nSPS) is 16.2. The second-order valence-electron chi connectivity index (χ2n) is 5.87. The zero-order chi connectivity index (χ0) is 15.2. The first-order chi connectivity index (χ1) is 10.1. The molecule has 0 radical (unpaired) electrons. The number of aryl methyl sites for hydroxylation is 1. The van der Waals surface area contributed by atoms with Gasteiger partial charge in [0, 0.05) is 31.7 Å². The fourth-order valence-corrected chi connectivity index (χ4v) is 2.95. The van der Waals surface area contributed by atoms with Gasteiger partial charge < -0.3 is 9.64 Å². The lowest BCUT2D eigenvalue weighted by atomic mass is 10.0. The van der Waals surface area contributed by atoms with E-state index in [1.54, 1.807) is 6.07 Å². The lowest BCUT2D eigenvalue weighted by Gasteiger charge is -2.37. The van der Waals surface area contributed by atoms with Crippen LogP contribution in [0, 0.1) is 5.82 Å². The van der Waals surface area contributed by atoms with Gasteiger partial charge in [0.15, 0.2) is 0 Å². The standard InChI is InChI=1S/C17H24FNO2/c1-13(2)19(16-8-10-21-11-9-16)17(20)7-6-14-4-3-5-15(18)12-14/h3-5,12-13,16H,6-11H2,1-2H3. The summed E-state index contributed by atoms with van der Waals surface area (Å²) in [5.41, 5.74) is 0.874. The van der Waals surface area contributed by atoms with Crippen LogP contribution >= 0.6 is 0 Å². The van der Waals surface area contributed by atoms with E-state index in [0.29, 0.717) is 12.8 Å². The second kappa shape index (κ2) is 7.55. The summed E-state index contributed by atoms with van der Waals surface area (Å²) in [5, 5.41) is 0. The van der Waals surface area contributed by atoms with Gasteiger partial charge in [-0.05, 0) is 50.8 Å². The van der Waals surface area contributed by atoms with Crippen molar-refractivity contribution >= 4 is 5.91 Å². The minimum atomic E-state index is -0.245. The zero-order valence-electron chi connectivity index (χ0n) is 12.8. The summed E-state index contributed by atoms with van der Waals surface area (Å²) >= 11 is 0. The van der Waals surface area contributed by atoms with Crippen LogP contribution in [0.15, 0.2) is 24.3 Å². The van der Waals surface area contributed by atoms with E-state index < -0.39 is 0 Å². The lowest BCUT2D eigenvalue weighted by Crippen LogP contribution is -2.47. The average Bonchev–Trinajstić information content (AvgIpc) is 2.46. The predicted octanol–water partition coefficient (Wildman–Crippen LogP) is 3.17. The summed E-state index contributed by atoms with van der Waals surface area (Å²) < 4.78 is 18.5. The molecule has 116 valence electrons. The quantitative estimate of drug-likeness (QED) is 0.834. The molecule has 0 saturated carbocycles. The third-order valence-electron chi connectivity index (χ3n) is 3.95. The molecule has 0 unspecified atom stereocenters. The molecule has 4 heteroatoms. The van der Waals surface area contributed by atoms with Crippen LogP contribution in [0.4, 0.5) is 4.39 Å². The molecule has 0 bridgehead atoms. The number of carbonyl (C=O) groups is 1. The van der Waals surface area contributed by atoms with Gasteiger partial charge >= 0.3 is 0 Å². The third-order valence-corrected chi connectivity index (χ3v) is 3.95. The molecule has 21 heavy (non-hydrogen) atoms. The van der Waals surface area contributed by atoms with Crippen LogP contribution in [-0.2, 0) is 16.0 Å². The Morgan fingerprint density at radius 2 is 2.10 bits per heavy atom. The van der Waals surface area contributed by atoms with Gasteiger partial charge in [0.1, 0.15) is 5.82 Å². The molecule has 1 aromatic rings. The Balaban J connectivity index is 1.95. The lowest BCUT2D eigenvalue weighted by molar-refractivity contribution is -0.137. The van der Waals surface area contributed by atoms with Crippen molar-refractivity contribution in [3.63, 3.8) is 0 Å². The van der Waals surface area contributed by atoms with Crippen LogP contribution in [0.3, 0.4) is 0 Å². The largest absolute Gasteiger partial charge is 0.381 e. The van der Waals surface area contributed by atoms with Crippen LogP contribution in [0.2, 0.25) is 0 Å². The van der Waals surface area contributed by atoms with Gasteiger partial charge in [-0.1, -0.05) is 12.1 Å². The Bertz CT molecular complexity index is 470. The first-order valence-corrected chi connectivity index (χ1v) is 7.71. The highest BCUT2D eigenvalue weighted by Gasteiger charge is 2.27. The van der Waals surface area contributed by atoms with Crippen LogP contribution in [0.5, 0.6) is 0 Å². The highest BCUT2D eigenvalue weighted by Crippen LogP contribution is 2.19. The van der Waals surface area contributed by atoms with E-state index in [-0.39, 0.29) is 23.8 Å². The van der Waals surface area contributed by atoms with Crippen LogP contribution in [0.25, 0.3) is 0 Å². The molecule has 1 aliphatic heterocycles. The number of ether oxygens (including phenoxy) is 1. The highest BCUT2D eigenvalue weighted by atomic mass is 19.1. The SMILES string of the molecule is CC(C)N(C(=O)CCc1cccc(F)c1)C1CCOCC1. The Kier molecular flexibility index (Phi) is 5.74. The van der Waals surface area contributed by atoms with Crippen LogP contribution in [0.1, 0.15) is 38.7 Å². The van der Waals surface area contributed by atoms with Gasteiger partial charge in [0.2, 0.25) is 5.91 Å². The van der Waals surface area contributed by atoms with Gasteiger partial charge in [0.25, 0.3) is 0 Å². The second-order valence-corrected chi connectivity index (χ2v) is 5.87. The summed E-state index contributed by atoms with van der Waals surface area (Å²) in [6.45, 7) is 5.56. The maximum Gasteiger partial charge on any atom is 0.223 e. The number of amides is 1. The summed E-state index contributed by atoms with van der Waals surface area (Å²) in [6.07, 6.45) is 2.83. The van der Waals surface area contributed by atoms with Crippen molar-refractivity contribution < 1.29 is 13.9 Å². The molecule has 1 amide bonds. The first-order valence-electron chi connectivity index (χ1n) is 7.71. The summed E-state index contributed by atoms with van der Waals surface area (Å²) in [6, 6.07) is 6.94. The number of halogens is 1. The smallest absolute Gasteiger partial charge is 0.223 e. The molecule has 3 nitrogen and oxygen atoms in total. The molecular formula is C17H24FNO2. The van der Waals surface area contributed by atoms with Crippen molar-refractivity contribution in [1.29, 1.82) is 0 Å². The molecule has 0 atom stereocenters. The molecule has 1 aliphatic rings. The van der Waals surface area contributed by atoms with E-state index in [1.807, 2.05) is 11.0 Å². The van der Waals surface area contributed by atoms with E-state index in [1.165, 1.54) is 12.1 Å². The molecule has 0 aliphatic carbocycles.